The summed E-state index contributed by atoms with van der Waals surface area (Å²) in [6.45, 7) is 5.80. The van der Waals surface area contributed by atoms with Gasteiger partial charge in [0.2, 0.25) is 0 Å². The second-order valence-electron chi connectivity index (χ2n) is 4.82. The van der Waals surface area contributed by atoms with Crippen LogP contribution in [0.25, 0.3) is 16.6 Å². The quantitative estimate of drug-likeness (QED) is 0.419. The molecule has 0 radical (unpaired) electrons. The summed E-state index contributed by atoms with van der Waals surface area (Å²) in [7, 11) is 0. The number of aryl methyl sites for hydroxylation is 1. The zero-order valence-electron chi connectivity index (χ0n) is 12.6. The third-order valence-corrected chi connectivity index (χ3v) is 4.18. The second kappa shape index (κ2) is 5.92. The Bertz CT molecular complexity index is 846. The number of para-hydroxylation sites is 1. The van der Waals surface area contributed by atoms with Crippen LogP contribution in [0.3, 0.4) is 0 Å². The SMILES string of the molecule is CCOC(=O)C(C)Sc1nc2ccccc2c2nc(C)nn12. The average Bonchev–Trinajstić information content (AvgIpc) is 2.89. The lowest BCUT2D eigenvalue weighted by Gasteiger charge is -2.11. The number of hydrogen-bond donors (Lipinski definition) is 0. The highest BCUT2D eigenvalue weighted by Gasteiger charge is 2.20. The van der Waals surface area contributed by atoms with Gasteiger partial charge in [-0.25, -0.2) is 9.97 Å². The Labute approximate surface area is 131 Å². The Morgan fingerprint density at radius 2 is 2.14 bits per heavy atom. The number of thioether (sulfide) groups is 1. The maximum atomic E-state index is 11.8. The first-order valence-corrected chi connectivity index (χ1v) is 7.93. The fraction of sp³-hybridized carbons (Fsp3) is 0.333. The Balaban J connectivity index is 2.09. The standard InChI is InChI=1S/C15H16N4O2S/c1-4-21-14(20)9(2)22-15-17-12-8-6-5-7-11(12)13-16-10(3)18-19(13)15/h5-9H,4H2,1-3H3. The number of rotatable bonds is 4. The van der Waals surface area contributed by atoms with Crippen LogP contribution in [-0.2, 0) is 9.53 Å². The minimum absolute atomic E-state index is 0.257. The van der Waals surface area contributed by atoms with E-state index in [2.05, 4.69) is 15.1 Å². The van der Waals surface area contributed by atoms with E-state index in [4.69, 9.17) is 4.74 Å². The Hall–Kier alpha value is -2.15. The molecule has 1 atom stereocenters. The van der Waals surface area contributed by atoms with Crippen molar-refractivity contribution in [1.29, 1.82) is 0 Å². The van der Waals surface area contributed by atoms with E-state index < -0.39 is 0 Å². The third kappa shape index (κ3) is 2.64. The first kappa shape index (κ1) is 14.8. The molecule has 0 aliphatic heterocycles. The average molecular weight is 316 g/mol. The van der Waals surface area contributed by atoms with E-state index in [0.29, 0.717) is 17.6 Å². The normalized spacial score (nSPS) is 12.7. The highest BCUT2D eigenvalue weighted by molar-refractivity contribution is 8.00. The molecule has 0 saturated carbocycles. The zero-order chi connectivity index (χ0) is 15.7. The summed E-state index contributed by atoms with van der Waals surface area (Å²) in [5.74, 6) is 0.413. The Kier molecular flexibility index (Phi) is 3.98. The van der Waals surface area contributed by atoms with E-state index in [9.17, 15) is 4.79 Å². The van der Waals surface area contributed by atoms with Crippen LogP contribution in [0.15, 0.2) is 29.4 Å². The van der Waals surface area contributed by atoms with Crippen LogP contribution < -0.4 is 0 Å². The van der Waals surface area contributed by atoms with E-state index >= 15 is 0 Å². The molecule has 2 heterocycles. The summed E-state index contributed by atoms with van der Waals surface area (Å²) in [4.78, 5) is 20.9. The van der Waals surface area contributed by atoms with Crippen LogP contribution >= 0.6 is 11.8 Å². The van der Waals surface area contributed by atoms with Crippen LogP contribution in [0.2, 0.25) is 0 Å². The number of carbonyl (C=O) groups excluding carboxylic acids is 1. The van der Waals surface area contributed by atoms with Crippen molar-refractivity contribution < 1.29 is 9.53 Å². The van der Waals surface area contributed by atoms with E-state index in [0.717, 1.165) is 16.6 Å². The van der Waals surface area contributed by atoms with E-state index in [-0.39, 0.29) is 11.2 Å². The summed E-state index contributed by atoms with van der Waals surface area (Å²) in [6, 6.07) is 7.77. The van der Waals surface area contributed by atoms with Gasteiger partial charge in [-0.15, -0.1) is 5.10 Å². The van der Waals surface area contributed by atoms with Gasteiger partial charge in [-0.3, -0.25) is 4.79 Å². The van der Waals surface area contributed by atoms with Crippen molar-refractivity contribution in [3.8, 4) is 0 Å². The van der Waals surface area contributed by atoms with E-state index in [1.165, 1.54) is 11.8 Å². The summed E-state index contributed by atoms with van der Waals surface area (Å²) in [6.07, 6.45) is 0. The molecule has 0 amide bonds. The molecule has 3 aromatic rings. The zero-order valence-corrected chi connectivity index (χ0v) is 13.4. The van der Waals surface area contributed by atoms with Crippen LogP contribution in [0.5, 0.6) is 0 Å². The van der Waals surface area contributed by atoms with Gasteiger partial charge in [0.05, 0.1) is 12.1 Å². The molecule has 1 aromatic carbocycles. The van der Waals surface area contributed by atoms with Crippen molar-refractivity contribution >= 4 is 34.3 Å². The molecule has 0 aliphatic rings. The molecule has 22 heavy (non-hydrogen) atoms. The first-order chi connectivity index (χ1) is 10.6. The summed E-state index contributed by atoms with van der Waals surface area (Å²) in [5.41, 5.74) is 1.59. The van der Waals surface area contributed by atoms with Crippen molar-refractivity contribution in [2.45, 2.75) is 31.2 Å². The largest absolute Gasteiger partial charge is 0.465 e. The minimum atomic E-state index is -0.360. The molecular formula is C15H16N4O2S. The summed E-state index contributed by atoms with van der Waals surface area (Å²) < 4.78 is 6.74. The van der Waals surface area contributed by atoms with Crippen LogP contribution in [0.4, 0.5) is 0 Å². The van der Waals surface area contributed by atoms with Gasteiger partial charge in [0, 0.05) is 5.39 Å². The van der Waals surface area contributed by atoms with Gasteiger partial charge in [0.25, 0.3) is 0 Å². The predicted molar refractivity (Wildman–Crippen MR) is 85.0 cm³/mol. The number of fused-ring (bicyclic) bond motifs is 3. The fourth-order valence-electron chi connectivity index (χ4n) is 2.18. The molecule has 6 nitrogen and oxygen atoms in total. The van der Waals surface area contributed by atoms with Crippen molar-refractivity contribution in [3.05, 3.63) is 30.1 Å². The molecule has 2 aromatic heterocycles. The maximum absolute atomic E-state index is 11.8. The van der Waals surface area contributed by atoms with Crippen LogP contribution in [-0.4, -0.2) is 37.4 Å². The number of hydrogen-bond acceptors (Lipinski definition) is 6. The number of esters is 1. The molecule has 0 spiro atoms. The number of aromatic nitrogens is 4. The van der Waals surface area contributed by atoms with Crippen molar-refractivity contribution in [2.24, 2.45) is 0 Å². The molecule has 7 heteroatoms. The van der Waals surface area contributed by atoms with Gasteiger partial charge in [0.1, 0.15) is 11.1 Å². The summed E-state index contributed by atoms with van der Waals surface area (Å²) >= 11 is 1.32. The van der Waals surface area contributed by atoms with Crippen molar-refractivity contribution in [1.82, 2.24) is 19.6 Å². The molecule has 1 unspecified atom stereocenters. The molecule has 0 N–H and O–H groups in total. The molecular weight excluding hydrogens is 300 g/mol. The lowest BCUT2D eigenvalue weighted by molar-refractivity contribution is -0.142. The van der Waals surface area contributed by atoms with Gasteiger partial charge >= 0.3 is 5.97 Å². The number of benzene rings is 1. The van der Waals surface area contributed by atoms with Gasteiger partial charge in [-0.1, -0.05) is 23.9 Å². The number of nitrogens with zero attached hydrogens (tertiary/aromatic N) is 4. The molecule has 0 bridgehead atoms. The molecule has 0 aliphatic carbocycles. The maximum Gasteiger partial charge on any atom is 0.319 e. The summed E-state index contributed by atoms with van der Waals surface area (Å²) in [5, 5.41) is 5.61. The van der Waals surface area contributed by atoms with Gasteiger partial charge < -0.3 is 4.74 Å². The molecule has 0 saturated heterocycles. The Morgan fingerprint density at radius 3 is 2.91 bits per heavy atom. The highest BCUT2D eigenvalue weighted by Crippen LogP contribution is 2.26. The lowest BCUT2D eigenvalue weighted by atomic mass is 10.2. The predicted octanol–water partition coefficient (Wildman–Crippen LogP) is 2.63. The van der Waals surface area contributed by atoms with E-state index in [1.807, 2.05) is 31.2 Å². The van der Waals surface area contributed by atoms with Gasteiger partial charge in [-0.2, -0.15) is 4.52 Å². The fourth-order valence-corrected chi connectivity index (χ4v) is 3.03. The first-order valence-electron chi connectivity index (χ1n) is 7.05. The third-order valence-electron chi connectivity index (χ3n) is 3.16. The van der Waals surface area contributed by atoms with Crippen molar-refractivity contribution in [2.75, 3.05) is 6.61 Å². The van der Waals surface area contributed by atoms with Crippen LogP contribution in [0.1, 0.15) is 19.7 Å². The van der Waals surface area contributed by atoms with Gasteiger partial charge in [0.15, 0.2) is 10.8 Å². The number of ether oxygens (including phenoxy) is 1. The smallest absolute Gasteiger partial charge is 0.319 e. The van der Waals surface area contributed by atoms with Crippen molar-refractivity contribution in [3.63, 3.8) is 0 Å². The van der Waals surface area contributed by atoms with Crippen LogP contribution in [0, 0.1) is 6.92 Å². The molecule has 114 valence electrons. The second-order valence-corrected chi connectivity index (χ2v) is 6.13. The number of carbonyl (C=O) groups is 1. The van der Waals surface area contributed by atoms with Gasteiger partial charge in [-0.05, 0) is 32.9 Å². The lowest BCUT2D eigenvalue weighted by Crippen LogP contribution is -2.17. The minimum Gasteiger partial charge on any atom is -0.465 e. The Morgan fingerprint density at radius 1 is 1.36 bits per heavy atom. The van der Waals surface area contributed by atoms with E-state index in [1.54, 1.807) is 18.4 Å². The molecule has 3 rings (SSSR count). The monoisotopic (exact) mass is 316 g/mol. The topological polar surface area (TPSA) is 69.4 Å². The highest BCUT2D eigenvalue weighted by atomic mass is 32.2. The molecule has 0 fully saturated rings.